The molecule has 0 spiro atoms. The minimum atomic E-state index is 0.471. The Morgan fingerprint density at radius 2 is 2.11 bits per heavy atom. The van der Waals surface area contributed by atoms with Crippen molar-refractivity contribution in [3.63, 3.8) is 0 Å². The summed E-state index contributed by atoms with van der Waals surface area (Å²) in [5, 5.41) is 0. The molecule has 3 rings (SSSR count). The lowest BCUT2D eigenvalue weighted by Crippen LogP contribution is -2.38. The standard InChI is InChI=1S/C15H23NOS/c18-12-15(7-1-2-8-15)11-16(13-5-6-13)10-14-4-3-9-17-14/h3-4,9,13,18H,1-2,5-8,10-12H2. The number of nitrogens with zero attached hydrogens (tertiary/aromatic N) is 1. The van der Waals surface area contributed by atoms with Gasteiger partial charge in [-0.1, -0.05) is 12.8 Å². The molecule has 0 atom stereocenters. The predicted octanol–water partition coefficient (Wildman–Crippen LogP) is 3.73. The third-order valence-electron chi connectivity index (χ3n) is 4.54. The maximum atomic E-state index is 5.51. The van der Waals surface area contributed by atoms with Gasteiger partial charge in [-0.05, 0) is 49.0 Å². The highest BCUT2D eigenvalue weighted by Gasteiger charge is 2.38. The summed E-state index contributed by atoms with van der Waals surface area (Å²) in [4.78, 5) is 2.64. The fourth-order valence-corrected chi connectivity index (χ4v) is 3.69. The minimum absolute atomic E-state index is 0.471. The van der Waals surface area contributed by atoms with E-state index in [2.05, 4.69) is 23.6 Å². The molecule has 0 unspecified atom stereocenters. The highest BCUT2D eigenvalue weighted by molar-refractivity contribution is 7.80. The van der Waals surface area contributed by atoms with Crippen LogP contribution in [0.25, 0.3) is 0 Å². The van der Waals surface area contributed by atoms with Crippen molar-refractivity contribution in [2.75, 3.05) is 12.3 Å². The first-order chi connectivity index (χ1) is 8.81. The van der Waals surface area contributed by atoms with Crippen LogP contribution < -0.4 is 0 Å². The maximum Gasteiger partial charge on any atom is 0.117 e. The summed E-state index contributed by atoms with van der Waals surface area (Å²) in [6.45, 7) is 2.19. The summed E-state index contributed by atoms with van der Waals surface area (Å²) in [6, 6.07) is 4.88. The summed E-state index contributed by atoms with van der Waals surface area (Å²) in [5.41, 5.74) is 0.471. The molecule has 2 fully saturated rings. The van der Waals surface area contributed by atoms with Crippen LogP contribution in [0.5, 0.6) is 0 Å². The molecule has 0 radical (unpaired) electrons. The van der Waals surface area contributed by atoms with Gasteiger partial charge in [0.15, 0.2) is 0 Å². The fraction of sp³-hybridized carbons (Fsp3) is 0.733. The highest BCUT2D eigenvalue weighted by Crippen LogP contribution is 2.42. The molecule has 100 valence electrons. The zero-order valence-electron chi connectivity index (χ0n) is 11.0. The van der Waals surface area contributed by atoms with Crippen LogP contribution in [-0.4, -0.2) is 23.2 Å². The van der Waals surface area contributed by atoms with Gasteiger partial charge >= 0.3 is 0 Å². The second-order valence-electron chi connectivity index (χ2n) is 6.08. The number of thiol groups is 1. The summed E-state index contributed by atoms with van der Waals surface area (Å²) in [5.74, 6) is 2.14. The van der Waals surface area contributed by atoms with Crippen LogP contribution in [0.2, 0.25) is 0 Å². The van der Waals surface area contributed by atoms with Crippen LogP contribution >= 0.6 is 12.6 Å². The van der Waals surface area contributed by atoms with E-state index in [9.17, 15) is 0 Å². The van der Waals surface area contributed by atoms with E-state index >= 15 is 0 Å². The van der Waals surface area contributed by atoms with Crippen molar-refractivity contribution in [2.45, 2.75) is 51.1 Å². The van der Waals surface area contributed by atoms with E-state index in [0.29, 0.717) is 5.41 Å². The van der Waals surface area contributed by atoms with Crippen molar-refractivity contribution in [3.8, 4) is 0 Å². The lowest BCUT2D eigenvalue weighted by Gasteiger charge is -2.34. The zero-order chi connectivity index (χ0) is 12.4. The summed E-state index contributed by atoms with van der Waals surface area (Å²) >= 11 is 4.63. The molecule has 2 aliphatic carbocycles. The van der Waals surface area contributed by atoms with Crippen molar-refractivity contribution >= 4 is 12.6 Å². The Morgan fingerprint density at radius 3 is 2.67 bits per heavy atom. The molecule has 1 aromatic rings. The van der Waals surface area contributed by atoms with Gasteiger partial charge in [0.05, 0.1) is 12.8 Å². The zero-order valence-corrected chi connectivity index (χ0v) is 11.9. The first-order valence-corrected chi connectivity index (χ1v) is 7.82. The van der Waals surface area contributed by atoms with E-state index in [-0.39, 0.29) is 0 Å². The molecule has 3 heteroatoms. The molecule has 1 heterocycles. The number of rotatable bonds is 6. The SMILES string of the molecule is SCC1(CN(Cc2ccco2)C2CC2)CCCC1. The number of hydrogen-bond acceptors (Lipinski definition) is 3. The average molecular weight is 265 g/mol. The van der Waals surface area contributed by atoms with Gasteiger partial charge in [-0.2, -0.15) is 12.6 Å². The first kappa shape index (κ1) is 12.6. The lowest BCUT2D eigenvalue weighted by molar-refractivity contribution is 0.147. The normalized spacial score (nSPS) is 22.8. The van der Waals surface area contributed by atoms with Gasteiger partial charge in [0.25, 0.3) is 0 Å². The van der Waals surface area contributed by atoms with Crippen molar-refractivity contribution < 1.29 is 4.42 Å². The molecule has 0 aliphatic heterocycles. The smallest absolute Gasteiger partial charge is 0.117 e. The van der Waals surface area contributed by atoms with E-state index < -0.39 is 0 Å². The average Bonchev–Trinajstić information content (AvgIpc) is 2.92. The van der Waals surface area contributed by atoms with Gasteiger partial charge in [0, 0.05) is 12.6 Å². The quantitative estimate of drug-likeness (QED) is 0.789. The van der Waals surface area contributed by atoms with Gasteiger partial charge in [0.1, 0.15) is 5.76 Å². The number of furan rings is 1. The summed E-state index contributed by atoms with van der Waals surface area (Å²) in [6.07, 6.45) is 10.0. The fourth-order valence-electron chi connectivity index (χ4n) is 3.28. The predicted molar refractivity (Wildman–Crippen MR) is 76.9 cm³/mol. The van der Waals surface area contributed by atoms with Crippen LogP contribution in [0.15, 0.2) is 22.8 Å². The maximum absolute atomic E-state index is 5.51. The molecule has 18 heavy (non-hydrogen) atoms. The Kier molecular flexibility index (Phi) is 3.71. The summed E-state index contributed by atoms with van der Waals surface area (Å²) < 4.78 is 5.51. The van der Waals surface area contributed by atoms with E-state index in [0.717, 1.165) is 24.1 Å². The van der Waals surface area contributed by atoms with E-state index in [1.165, 1.54) is 45.1 Å². The Bertz CT molecular complexity index is 366. The Morgan fingerprint density at radius 1 is 1.33 bits per heavy atom. The molecular weight excluding hydrogens is 242 g/mol. The lowest BCUT2D eigenvalue weighted by atomic mass is 9.87. The largest absolute Gasteiger partial charge is 0.468 e. The molecule has 0 N–H and O–H groups in total. The Hall–Kier alpha value is -0.410. The first-order valence-electron chi connectivity index (χ1n) is 7.19. The van der Waals surface area contributed by atoms with E-state index in [4.69, 9.17) is 4.42 Å². The second-order valence-corrected chi connectivity index (χ2v) is 6.40. The molecule has 1 aromatic heterocycles. The molecular formula is C15H23NOS. The third-order valence-corrected chi connectivity index (χ3v) is 5.21. The van der Waals surface area contributed by atoms with Crippen LogP contribution in [0.3, 0.4) is 0 Å². The molecule has 2 nitrogen and oxygen atoms in total. The van der Waals surface area contributed by atoms with Crippen LogP contribution in [0.4, 0.5) is 0 Å². The van der Waals surface area contributed by atoms with Gasteiger partial charge < -0.3 is 4.42 Å². The van der Waals surface area contributed by atoms with Crippen molar-refractivity contribution in [3.05, 3.63) is 24.2 Å². The second kappa shape index (κ2) is 5.30. The van der Waals surface area contributed by atoms with Gasteiger partial charge in [-0.25, -0.2) is 0 Å². The van der Waals surface area contributed by atoms with Gasteiger partial charge in [-0.15, -0.1) is 0 Å². The molecule has 2 aliphatic rings. The van der Waals surface area contributed by atoms with Gasteiger partial charge in [0.2, 0.25) is 0 Å². The van der Waals surface area contributed by atoms with Crippen molar-refractivity contribution in [1.82, 2.24) is 4.90 Å². The summed E-state index contributed by atoms with van der Waals surface area (Å²) in [7, 11) is 0. The van der Waals surface area contributed by atoms with Crippen LogP contribution in [-0.2, 0) is 6.54 Å². The highest BCUT2D eigenvalue weighted by atomic mass is 32.1. The van der Waals surface area contributed by atoms with Crippen molar-refractivity contribution in [2.24, 2.45) is 5.41 Å². The van der Waals surface area contributed by atoms with E-state index in [1.54, 1.807) is 6.26 Å². The Balaban J connectivity index is 1.66. The van der Waals surface area contributed by atoms with E-state index in [1.807, 2.05) is 6.07 Å². The van der Waals surface area contributed by atoms with Crippen molar-refractivity contribution in [1.29, 1.82) is 0 Å². The molecule has 2 saturated carbocycles. The Labute approximate surface area is 115 Å². The topological polar surface area (TPSA) is 16.4 Å². The monoisotopic (exact) mass is 265 g/mol. The van der Waals surface area contributed by atoms with Crippen LogP contribution in [0, 0.1) is 5.41 Å². The minimum Gasteiger partial charge on any atom is -0.468 e. The van der Waals surface area contributed by atoms with Crippen LogP contribution in [0.1, 0.15) is 44.3 Å². The third kappa shape index (κ3) is 2.77. The van der Waals surface area contributed by atoms with Gasteiger partial charge in [-0.3, -0.25) is 4.90 Å². The molecule has 0 amide bonds. The molecule has 0 saturated heterocycles. The molecule has 0 aromatic carbocycles. The number of hydrogen-bond donors (Lipinski definition) is 1. The molecule has 0 bridgehead atoms.